The number of nitrogens with one attached hydrogen (secondary N) is 2. The molecule has 2 amide bonds. The van der Waals surface area contributed by atoms with E-state index in [1.54, 1.807) is 6.26 Å². The fourth-order valence-electron chi connectivity index (χ4n) is 3.54. The fourth-order valence-corrected chi connectivity index (χ4v) is 4.19. The first-order valence-electron chi connectivity index (χ1n) is 10.1. The number of amides is 2. The second kappa shape index (κ2) is 11.1. The van der Waals surface area contributed by atoms with Gasteiger partial charge in [0.2, 0.25) is 11.8 Å². The minimum absolute atomic E-state index is 0.0591. The number of rotatable bonds is 9. The lowest BCUT2D eigenvalue weighted by Crippen LogP contribution is -2.41. The van der Waals surface area contributed by atoms with Gasteiger partial charge in [-0.15, -0.1) is 11.8 Å². The van der Waals surface area contributed by atoms with Crippen molar-refractivity contribution in [2.24, 2.45) is 0 Å². The summed E-state index contributed by atoms with van der Waals surface area (Å²) >= 11 is 1.32. The molecule has 1 atom stereocenters. The summed E-state index contributed by atoms with van der Waals surface area (Å²) in [4.78, 5) is 26.7. The molecule has 1 aliphatic heterocycles. The average molecular weight is 416 g/mol. The van der Waals surface area contributed by atoms with E-state index in [1.165, 1.54) is 31.0 Å². The first kappa shape index (κ1) is 21.5. The maximum atomic E-state index is 12.3. The number of hydrogen-bond donors (Lipinski definition) is 2. The van der Waals surface area contributed by atoms with Crippen molar-refractivity contribution in [3.8, 4) is 0 Å². The van der Waals surface area contributed by atoms with E-state index in [2.05, 4.69) is 15.5 Å². The van der Waals surface area contributed by atoms with Gasteiger partial charge in [-0.25, -0.2) is 0 Å². The second-order valence-electron chi connectivity index (χ2n) is 7.34. The molecule has 7 heteroatoms. The predicted molar refractivity (Wildman–Crippen MR) is 117 cm³/mol. The van der Waals surface area contributed by atoms with E-state index < -0.39 is 0 Å². The standard InChI is InChI=1S/C22H29N3O3S/c1-17-7-5-8-18(13-17)24-22(27)16-29-15-21(26)23-14-19(20-9-6-12-28-20)25-10-3-2-4-11-25/h5-9,12-13,19H,2-4,10-11,14-16H2,1H3,(H,23,26)(H,24,27). The van der Waals surface area contributed by atoms with Gasteiger partial charge >= 0.3 is 0 Å². The van der Waals surface area contributed by atoms with E-state index in [0.717, 1.165) is 30.1 Å². The molecule has 1 saturated heterocycles. The van der Waals surface area contributed by atoms with Crippen LogP contribution in [0.25, 0.3) is 0 Å². The highest BCUT2D eigenvalue weighted by atomic mass is 32.2. The lowest BCUT2D eigenvalue weighted by Gasteiger charge is -2.33. The van der Waals surface area contributed by atoms with Crippen LogP contribution in [0.1, 0.15) is 36.6 Å². The molecule has 6 nitrogen and oxygen atoms in total. The lowest BCUT2D eigenvalue weighted by molar-refractivity contribution is -0.118. The summed E-state index contributed by atoms with van der Waals surface area (Å²) in [6, 6.07) is 11.6. The third-order valence-corrected chi connectivity index (χ3v) is 5.90. The molecule has 1 aliphatic rings. The van der Waals surface area contributed by atoms with Crippen LogP contribution >= 0.6 is 11.8 Å². The Morgan fingerprint density at radius 1 is 1.10 bits per heavy atom. The predicted octanol–water partition coefficient (Wildman–Crippen LogP) is 3.60. The molecular formula is C22H29N3O3S. The molecule has 0 saturated carbocycles. The summed E-state index contributed by atoms with van der Waals surface area (Å²) in [6.45, 7) is 4.54. The molecular weight excluding hydrogens is 386 g/mol. The van der Waals surface area contributed by atoms with E-state index in [4.69, 9.17) is 4.42 Å². The summed E-state index contributed by atoms with van der Waals surface area (Å²) in [6.07, 6.45) is 5.29. The van der Waals surface area contributed by atoms with Crippen LogP contribution in [-0.4, -0.2) is 47.9 Å². The van der Waals surface area contributed by atoms with Crippen LogP contribution in [0.2, 0.25) is 0 Å². The minimum atomic E-state index is -0.102. The number of furan rings is 1. The lowest BCUT2D eigenvalue weighted by atomic mass is 10.1. The normalized spacial score (nSPS) is 15.6. The smallest absolute Gasteiger partial charge is 0.234 e. The van der Waals surface area contributed by atoms with Gasteiger partial charge in [0.1, 0.15) is 5.76 Å². The zero-order chi connectivity index (χ0) is 20.5. The summed E-state index contributed by atoms with van der Waals surface area (Å²) < 4.78 is 5.61. The van der Waals surface area contributed by atoms with Crippen LogP contribution in [0.4, 0.5) is 5.69 Å². The summed E-state index contributed by atoms with van der Waals surface area (Å²) in [5.41, 5.74) is 1.87. The first-order chi connectivity index (χ1) is 14.1. The highest BCUT2D eigenvalue weighted by Gasteiger charge is 2.24. The van der Waals surface area contributed by atoms with E-state index in [9.17, 15) is 9.59 Å². The van der Waals surface area contributed by atoms with Gasteiger partial charge in [-0.1, -0.05) is 18.6 Å². The number of hydrogen-bond acceptors (Lipinski definition) is 5. The van der Waals surface area contributed by atoms with Gasteiger partial charge in [0.15, 0.2) is 0 Å². The van der Waals surface area contributed by atoms with Crippen molar-refractivity contribution in [3.63, 3.8) is 0 Å². The van der Waals surface area contributed by atoms with Gasteiger partial charge in [-0.05, 0) is 62.7 Å². The van der Waals surface area contributed by atoms with Gasteiger partial charge in [-0.3, -0.25) is 14.5 Å². The number of likely N-dealkylation sites (tertiary alicyclic amines) is 1. The van der Waals surface area contributed by atoms with E-state index in [0.29, 0.717) is 6.54 Å². The maximum absolute atomic E-state index is 12.3. The number of aryl methyl sites for hydroxylation is 1. The summed E-state index contributed by atoms with van der Waals surface area (Å²) in [5, 5.41) is 5.86. The zero-order valence-electron chi connectivity index (χ0n) is 16.9. The minimum Gasteiger partial charge on any atom is -0.468 e. The van der Waals surface area contributed by atoms with Crippen molar-refractivity contribution >= 4 is 29.3 Å². The highest BCUT2D eigenvalue weighted by molar-refractivity contribution is 8.00. The molecule has 156 valence electrons. The van der Waals surface area contributed by atoms with Gasteiger partial charge in [0, 0.05) is 12.2 Å². The van der Waals surface area contributed by atoms with Crippen molar-refractivity contribution < 1.29 is 14.0 Å². The molecule has 2 aromatic rings. The summed E-state index contributed by atoms with van der Waals surface area (Å²) in [7, 11) is 0. The van der Waals surface area contributed by atoms with Crippen molar-refractivity contribution in [3.05, 3.63) is 54.0 Å². The van der Waals surface area contributed by atoms with Crippen LogP contribution < -0.4 is 10.6 Å². The zero-order valence-corrected chi connectivity index (χ0v) is 17.7. The van der Waals surface area contributed by atoms with Crippen molar-refractivity contribution in [2.75, 3.05) is 36.5 Å². The quantitative estimate of drug-likeness (QED) is 0.655. The topological polar surface area (TPSA) is 74.6 Å². The number of thioether (sulfide) groups is 1. The van der Waals surface area contributed by atoms with Gasteiger partial charge < -0.3 is 15.1 Å². The SMILES string of the molecule is Cc1cccc(NC(=O)CSCC(=O)NCC(c2ccco2)N2CCCCC2)c1. The van der Waals surface area contributed by atoms with Crippen LogP contribution in [-0.2, 0) is 9.59 Å². The molecule has 1 aromatic heterocycles. The number of carbonyl (C=O) groups excluding carboxylic acids is 2. The molecule has 29 heavy (non-hydrogen) atoms. The Morgan fingerprint density at radius 3 is 2.62 bits per heavy atom. The summed E-state index contributed by atoms with van der Waals surface area (Å²) in [5.74, 6) is 1.22. The monoisotopic (exact) mass is 415 g/mol. The van der Waals surface area contributed by atoms with Crippen LogP contribution in [0.15, 0.2) is 47.1 Å². The molecule has 0 bridgehead atoms. The Morgan fingerprint density at radius 2 is 1.90 bits per heavy atom. The fraction of sp³-hybridized carbons (Fsp3) is 0.455. The number of anilines is 1. The Balaban J connectivity index is 1.40. The molecule has 2 N–H and O–H groups in total. The molecule has 1 unspecified atom stereocenters. The number of benzene rings is 1. The van der Waals surface area contributed by atoms with Gasteiger partial charge in [0.25, 0.3) is 0 Å². The third kappa shape index (κ3) is 6.94. The molecule has 1 fully saturated rings. The molecule has 1 aromatic carbocycles. The van der Waals surface area contributed by atoms with Gasteiger partial charge in [0.05, 0.1) is 23.8 Å². The number of carbonyl (C=O) groups is 2. The van der Waals surface area contributed by atoms with Crippen molar-refractivity contribution in [1.82, 2.24) is 10.2 Å². The van der Waals surface area contributed by atoms with Gasteiger partial charge in [-0.2, -0.15) is 0 Å². The molecule has 2 heterocycles. The van der Waals surface area contributed by atoms with Crippen molar-refractivity contribution in [1.29, 1.82) is 0 Å². The molecule has 0 aliphatic carbocycles. The Kier molecular flexibility index (Phi) is 8.19. The number of piperidine rings is 1. The Hall–Kier alpha value is -2.25. The first-order valence-corrected chi connectivity index (χ1v) is 11.3. The second-order valence-corrected chi connectivity index (χ2v) is 8.33. The largest absolute Gasteiger partial charge is 0.468 e. The van der Waals surface area contributed by atoms with E-state index in [-0.39, 0.29) is 29.4 Å². The Labute approximate surface area is 176 Å². The maximum Gasteiger partial charge on any atom is 0.234 e. The molecule has 3 rings (SSSR count). The Bertz CT molecular complexity index is 788. The van der Waals surface area contributed by atoms with E-state index >= 15 is 0 Å². The third-order valence-electron chi connectivity index (χ3n) is 4.96. The highest BCUT2D eigenvalue weighted by Crippen LogP contribution is 2.24. The molecule has 0 radical (unpaired) electrons. The van der Waals surface area contributed by atoms with E-state index in [1.807, 2.05) is 43.3 Å². The van der Waals surface area contributed by atoms with Crippen LogP contribution in [0.3, 0.4) is 0 Å². The van der Waals surface area contributed by atoms with Crippen LogP contribution in [0.5, 0.6) is 0 Å². The van der Waals surface area contributed by atoms with Crippen molar-refractivity contribution in [2.45, 2.75) is 32.2 Å². The molecule has 0 spiro atoms. The van der Waals surface area contributed by atoms with Crippen LogP contribution in [0, 0.1) is 6.92 Å². The number of nitrogens with zero attached hydrogens (tertiary/aromatic N) is 1. The average Bonchev–Trinajstić information content (AvgIpc) is 3.23.